The molecule has 2 N–H and O–H groups in total. The average molecular weight is 495 g/mol. The molecular formula is C22H25BrClN3O3. The van der Waals surface area contributed by atoms with Gasteiger partial charge in [0.2, 0.25) is 0 Å². The van der Waals surface area contributed by atoms with Gasteiger partial charge in [-0.15, -0.1) is 0 Å². The van der Waals surface area contributed by atoms with Crippen LogP contribution in [0.4, 0.5) is 0 Å². The Balaban J connectivity index is 2.07. The van der Waals surface area contributed by atoms with Crippen LogP contribution in [-0.2, 0) is 4.79 Å². The minimum atomic E-state index is -0.757. The Morgan fingerprint density at radius 1 is 1.23 bits per heavy atom. The maximum Gasteiger partial charge on any atom is 0.262 e. The van der Waals surface area contributed by atoms with Crippen molar-refractivity contribution in [1.82, 2.24) is 10.7 Å². The molecule has 0 fully saturated rings. The second-order valence-corrected chi connectivity index (χ2v) is 8.32. The van der Waals surface area contributed by atoms with Gasteiger partial charge in [-0.05, 0) is 48.7 Å². The van der Waals surface area contributed by atoms with Gasteiger partial charge in [0, 0.05) is 20.6 Å². The van der Waals surface area contributed by atoms with Crippen LogP contribution in [0.25, 0.3) is 0 Å². The standard InChI is InChI=1S/C22H25BrClN3O3/c1-4-10-30-19-9-8-17(23)11-16(19)13-25-27-22(29)20(14(2)3)26-21(28)15-6-5-7-18(24)12-15/h5-9,11-14,20H,4,10H2,1-3H3,(H,26,28)(H,27,29). The first-order valence-corrected chi connectivity index (χ1v) is 10.8. The molecule has 0 heterocycles. The summed E-state index contributed by atoms with van der Waals surface area (Å²) in [5.74, 6) is -0.259. The van der Waals surface area contributed by atoms with Gasteiger partial charge in [0.05, 0.1) is 12.8 Å². The Kier molecular flexibility index (Phi) is 9.33. The van der Waals surface area contributed by atoms with Crippen molar-refractivity contribution in [2.45, 2.75) is 33.2 Å². The van der Waals surface area contributed by atoms with Crippen molar-refractivity contribution < 1.29 is 14.3 Å². The molecular weight excluding hydrogens is 470 g/mol. The lowest BCUT2D eigenvalue weighted by atomic mass is 10.0. The van der Waals surface area contributed by atoms with Crippen LogP contribution in [0.2, 0.25) is 5.02 Å². The Hall–Kier alpha value is -2.38. The summed E-state index contributed by atoms with van der Waals surface area (Å²) >= 11 is 9.36. The average Bonchev–Trinajstić information content (AvgIpc) is 2.70. The summed E-state index contributed by atoms with van der Waals surface area (Å²) in [6, 6.07) is 11.4. The first-order valence-electron chi connectivity index (χ1n) is 9.63. The van der Waals surface area contributed by atoms with Gasteiger partial charge in [0.15, 0.2) is 0 Å². The fourth-order valence-corrected chi connectivity index (χ4v) is 3.16. The normalized spacial score (nSPS) is 12.1. The molecule has 0 aliphatic rings. The number of rotatable bonds is 9. The van der Waals surface area contributed by atoms with E-state index in [4.69, 9.17) is 16.3 Å². The van der Waals surface area contributed by atoms with Gasteiger partial charge in [-0.3, -0.25) is 9.59 Å². The molecule has 1 unspecified atom stereocenters. The molecule has 0 aliphatic carbocycles. The molecule has 0 radical (unpaired) electrons. The predicted molar refractivity (Wildman–Crippen MR) is 123 cm³/mol. The third kappa shape index (κ3) is 7.15. The molecule has 1 atom stereocenters. The van der Waals surface area contributed by atoms with Gasteiger partial charge in [-0.25, -0.2) is 5.43 Å². The largest absolute Gasteiger partial charge is 0.493 e. The first-order chi connectivity index (χ1) is 14.3. The minimum Gasteiger partial charge on any atom is -0.493 e. The first kappa shape index (κ1) is 23.9. The van der Waals surface area contributed by atoms with E-state index in [0.717, 1.165) is 16.5 Å². The van der Waals surface area contributed by atoms with Gasteiger partial charge < -0.3 is 10.1 Å². The van der Waals surface area contributed by atoms with Gasteiger partial charge in [-0.1, -0.05) is 54.4 Å². The molecule has 0 saturated heterocycles. The molecule has 0 aromatic heterocycles. The SMILES string of the molecule is CCCOc1ccc(Br)cc1C=NNC(=O)C(NC(=O)c1cccc(Cl)c1)C(C)C. The van der Waals surface area contributed by atoms with Crippen molar-refractivity contribution in [3.8, 4) is 5.75 Å². The molecule has 0 spiro atoms. The number of halogens is 2. The molecule has 160 valence electrons. The molecule has 6 nitrogen and oxygen atoms in total. The molecule has 0 aliphatic heterocycles. The number of ether oxygens (including phenoxy) is 1. The Labute approximate surface area is 190 Å². The summed E-state index contributed by atoms with van der Waals surface area (Å²) in [4.78, 5) is 25.1. The molecule has 2 rings (SSSR count). The summed E-state index contributed by atoms with van der Waals surface area (Å²) in [5.41, 5.74) is 3.61. The molecule has 0 bridgehead atoms. The van der Waals surface area contributed by atoms with E-state index >= 15 is 0 Å². The van der Waals surface area contributed by atoms with Crippen LogP contribution in [0, 0.1) is 5.92 Å². The van der Waals surface area contributed by atoms with Gasteiger partial charge >= 0.3 is 0 Å². The van der Waals surface area contributed by atoms with Crippen LogP contribution in [0.5, 0.6) is 5.75 Å². The maximum atomic E-state index is 12.6. The minimum absolute atomic E-state index is 0.141. The molecule has 2 aromatic carbocycles. The van der Waals surface area contributed by atoms with Crippen LogP contribution < -0.4 is 15.5 Å². The van der Waals surface area contributed by atoms with Crippen LogP contribution in [0.15, 0.2) is 52.0 Å². The van der Waals surface area contributed by atoms with Crippen LogP contribution in [-0.4, -0.2) is 30.7 Å². The number of hydrogen-bond donors (Lipinski definition) is 2. The van der Waals surface area contributed by atoms with E-state index in [1.165, 1.54) is 6.21 Å². The smallest absolute Gasteiger partial charge is 0.262 e. The topological polar surface area (TPSA) is 79.8 Å². The molecule has 8 heteroatoms. The Morgan fingerprint density at radius 3 is 2.67 bits per heavy atom. The van der Waals surface area contributed by atoms with Crippen molar-refractivity contribution in [1.29, 1.82) is 0 Å². The highest BCUT2D eigenvalue weighted by Gasteiger charge is 2.24. The third-order valence-corrected chi connectivity index (χ3v) is 4.86. The van der Waals surface area contributed by atoms with Crippen LogP contribution >= 0.6 is 27.5 Å². The number of carbonyl (C=O) groups is 2. The number of amides is 2. The monoisotopic (exact) mass is 493 g/mol. The van der Waals surface area contributed by atoms with Crippen LogP contribution in [0.3, 0.4) is 0 Å². The van der Waals surface area contributed by atoms with Crippen molar-refractivity contribution >= 4 is 45.6 Å². The molecule has 0 saturated carbocycles. The second kappa shape index (κ2) is 11.7. The summed E-state index contributed by atoms with van der Waals surface area (Å²) in [7, 11) is 0. The quantitative estimate of drug-likeness (QED) is 0.388. The molecule has 30 heavy (non-hydrogen) atoms. The Bertz CT molecular complexity index is 918. The number of nitrogens with one attached hydrogen (secondary N) is 2. The zero-order chi connectivity index (χ0) is 22.1. The lowest BCUT2D eigenvalue weighted by Gasteiger charge is -2.20. The van der Waals surface area contributed by atoms with E-state index < -0.39 is 11.9 Å². The highest BCUT2D eigenvalue weighted by atomic mass is 79.9. The highest BCUT2D eigenvalue weighted by Crippen LogP contribution is 2.22. The van der Waals surface area contributed by atoms with Crippen molar-refractivity contribution in [2.75, 3.05) is 6.61 Å². The number of nitrogens with zero attached hydrogens (tertiary/aromatic N) is 1. The summed E-state index contributed by atoms with van der Waals surface area (Å²) in [6.45, 7) is 6.30. The number of benzene rings is 2. The molecule has 2 aromatic rings. The number of hydrogen-bond acceptors (Lipinski definition) is 4. The fraction of sp³-hybridized carbons (Fsp3) is 0.318. The van der Waals surface area contributed by atoms with Crippen molar-refractivity contribution in [3.05, 3.63) is 63.1 Å². The van der Waals surface area contributed by atoms with Crippen LogP contribution in [0.1, 0.15) is 43.1 Å². The van der Waals surface area contributed by atoms with E-state index in [1.54, 1.807) is 24.3 Å². The number of carbonyl (C=O) groups excluding carboxylic acids is 2. The van der Waals surface area contributed by atoms with E-state index in [0.29, 0.717) is 22.9 Å². The van der Waals surface area contributed by atoms with Gasteiger partial charge in [0.25, 0.3) is 11.8 Å². The van der Waals surface area contributed by atoms with E-state index in [2.05, 4.69) is 31.8 Å². The Morgan fingerprint density at radius 2 is 2.00 bits per heavy atom. The number of hydrazone groups is 1. The van der Waals surface area contributed by atoms with E-state index in [1.807, 2.05) is 39.0 Å². The van der Waals surface area contributed by atoms with Gasteiger partial charge in [0.1, 0.15) is 11.8 Å². The fourth-order valence-electron chi connectivity index (χ4n) is 2.59. The van der Waals surface area contributed by atoms with Crippen molar-refractivity contribution in [2.24, 2.45) is 11.0 Å². The van der Waals surface area contributed by atoms with Crippen molar-refractivity contribution in [3.63, 3.8) is 0 Å². The second-order valence-electron chi connectivity index (χ2n) is 6.97. The van der Waals surface area contributed by atoms with E-state index in [9.17, 15) is 9.59 Å². The maximum absolute atomic E-state index is 12.6. The predicted octanol–water partition coefficient (Wildman–Crippen LogP) is 4.80. The summed E-state index contributed by atoms with van der Waals surface area (Å²) in [5, 5.41) is 7.24. The zero-order valence-electron chi connectivity index (χ0n) is 17.1. The lowest BCUT2D eigenvalue weighted by Crippen LogP contribution is -2.48. The lowest BCUT2D eigenvalue weighted by molar-refractivity contribution is -0.123. The highest BCUT2D eigenvalue weighted by molar-refractivity contribution is 9.10. The third-order valence-electron chi connectivity index (χ3n) is 4.13. The van der Waals surface area contributed by atoms with E-state index in [-0.39, 0.29) is 11.8 Å². The van der Waals surface area contributed by atoms with Gasteiger partial charge in [-0.2, -0.15) is 5.10 Å². The summed E-state index contributed by atoms with van der Waals surface area (Å²) in [6.07, 6.45) is 2.40. The zero-order valence-corrected chi connectivity index (χ0v) is 19.5. The molecule has 2 amide bonds. The summed E-state index contributed by atoms with van der Waals surface area (Å²) < 4.78 is 6.57.